The molecule has 0 atom stereocenters. The van der Waals surface area contributed by atoms with Gasteiger partial charge in [-0.25, -0.2) is 0 Å². The van der Waals surface area contributed by atoms with Gasteiger partial charge in [-0.1, -0.05) is 0 Å². The van der Waals surface area contributed by atoms with E-state index in [1.165, 1.54) is 0 Å². The van der Waals surface area contributed by atoms with Crippen LogP contribution in [0.2, 0.25) is 0 Å². The van der Waals surface area contributed by atoms with E-state index in [1.807, 2.05) is 0 Å². The molecule has 0 nitrogen and oxygen atoms in total. The molecule has 0 aliphatic carbocycles. The summed E-state index contributed by atoms with van der Waals surface area (Å²) in [5, 5.41) is 0. The maximum atomic E-state index is 9.50. The van der Waals surface area contributed by atoms with Crippen molar-refractivity contribution in [1.82, 2.24) is 0 Å². The second-order valence-electron chi connectivity index (χ2n) is 0.0825. The Morgan fingerprint density at radius 3 is 1.25 bits per heavy atom. The van der Waals surface area contributed by atoms with Crippen molar-refractivity contribution in [2.45, 2.75) is 0 Å². The monoisotopic (exact) mass is 88.0 g/mol. The van der Waals surface area contributed by atoms with Crippen molar-refractivity contribution in [3.05, 3.63) is 0 Å². The molecule has 0 heterocycles. The Balaban J connectivity index is 0. The van der Waals surface area contributed by atoms with Crippen LogP contribution in [0.4, 0.5) is 8.63 Å². The Kier molecular flexibility index (Phi) is 20.1. The fraction of sp³-hybridized carbons (Fsp3) is 0. The summed E-state index contributed by atoms with van der Waals surface area (Å²) in [4.78, 5) is 0. The van der Waals surface area contributed by atoms with Crippen LogP contribution in [0.15, 0.2) is 0 Å². The molecule has 0 rings (SSSR count). The topological polar surface area (TPSA) is 0 Å². The standard InChI is InChI=1S/BF2.K/c2-1-3;/q-1;+1. The normalized spacial score (nSPS) is 4.50. The molecule has 0 spiro atoms. The largest absolute Gasteiger partial charge is 1.00 e. The first kappa shape index (κ1) is 9.12. The van der Waals surface area contributed by atoms with Gasteiger partial charge in [0, 0.05) is 0 Å². The van der Waals surface area contributed by atoms with Gasteiger partial charge >= 0.3 is 51.4 Å². The van der Waals surface area contributed by atoms with Crippen molar-refractivity contribution in [2.75, 3.05) is 0 Å². The summed E-state index contributed by atoms with van der Waals surface area (Å²) >= 11 is 0. The van der Waals surface area contributed by atoms with Gasteiger partial charge in [0.15, 0.2) is 0 Å². The van der Waals surface area contributed by atoms with Crippen LogP contribution in [0.5, 0.6) is 0 Å². The Bertz CT molecular complexity index is 6.00. The van der Waals surface area contributed by atoms with E-state index in [2.05, 4.69) is 0 Å². The zero-order chi connectivity index (χ0) is 2.71. The summed E-state index contributed by atoms with van der Waals surface area (Å²) in [7, 11) is -1.00. The van der Waals surface area contributed by atoms with Crippen molar-refractivity contribution < 1.29 is 60.0 Å². The molecule has 0 aromatic heterocycles. The van der Waals surface area contributed by atoms with E-state index in [-0.39, 0.29) is 51.4 Å². The van der Waals surface area contributed by atoms with Crippen LogP contribution in [0, 0.1) is 0 Å². The number of hydrogen-bond donors (Lipinski definition) is 0. The summed E-state index contributed by atoms with van der Waals surface area (Å²) in [5.74, 6) is 0. The molecule has 0 amide bonds. The third kappa shape index (κ3) is 9.58. The zero-order valence-electron chi connectivity index (χ0n) is 2.33. The second-order valence-corrected chi connectivity index (χ2v) is 0.0825. The molecule has 0 aromatic rings. The predicted octanol–water partition coefficient (Wildman–Crippen LogP) is -2.54. The van der Waals surface area contributed by atoms with Crippen molar-refractivity contribution in [2.24, 2.45) is 0 Å². The van der Waals surface area contributed by atoms with E-state index >= 15 is 0 Å². The maximum absolute atomic E-state index is 9.50. The van der Waals surface area contributed by atoms with Crippen LogP contribution in [0.25, 0.3) is 0 Å². The van der Waals surface area contributed by atoms with Crippen LogP contribution >= 0.6 is 0 Å². The minimum atomic E-state index is -1.00. The molecular formula is BF2K. The van der Waals surface area contributed by atoms with Crippen molar-refractivity contribution >= 4 is 7.83 Å². The van der Waals surface area contributed by atoms with Crippen LogP contribution in [-0.2, 0) is 0 Å². The minimum absolute atomic E-state index is 0. The van der Waals surface area contributed by atoms with E-state index in [4.69, 9.17) is 0 Å². The molecule has 0 saturated heterocycles. The van der Waals surface area contributed by atoms with Gasteiger partial charge in [0.1, 0.15) is 7.83 Å². The molecule has 0 unspecified atom stereocenters. The van der Waals surface area contributed by atoms with Gasteiger partial charge in [-0.3, -0.25) is 0 Å². The van der Waals surface area contributed by atoms with E-state index in [0.29, 0.717) is 0 Å². The molecule has 0 bridgehead atoms. The summed E-state index contributed by atoms with van der Waals surface area (Å²) in [5.41, 5.74) is 0. The van der Waals surface area contributed by atoms with Crippen LogP contribution in [-0.4, -0.2) is 7.83 Å². The molecule has 0 N–H and O–H groups in total. The number of halogens is 2. The van der Waals surface area contributed by atoms with Gasteiger partial charge in [0.25, 0.3) is 0 Å². The molecule has 0 saturated carbocycles. The van der Waals surface area contributed by atoms with Crippen LogP contribution in [0.3, 0.4) is 0 Å². The molecule has 2 radical (unpaired) electrons. The van der Waals surface area contributed by atoms with Gasteiger partial charge in [0.05, 0.1) is 0 Å². The molecule has 0 aliphatic heterocycles. The fourth-order valence-electron chi connectivity index (χ4n) is 0. The Labute approximate surface area is 66.7 Å². The summed E-state index contributed by atoms with van der Waals surface area (Å²) in [6, 6.07) is 0. The molecule has 18 valence electrons. The number of rotatable bonds is 0. The summed E-state index contributed by atoms with van der Waals surface area (Å²) in [6.07, 6.45) is 0. The quantitative estimate of drug-likeness (QED) is 0.286. The van der Waals surface area contributed by atoms with Gasteiger partial charge in [-0.05, 0) is 0 Å². The third-order valence-corrected chi connectivity index (χ3v) is 0. The first-order valence-electron chi connectivity index (χ1n) is 0.436. The summed E-state index contributed by atoms with van der Waals surface area (Å²) in [6.45, 7) is 0. The van der Waals surface area contributed by atoms with Gasteiger partial charge in [-0.15, -0.1) is 0 Å². The predicted molar refractivity (Wildman–Crippen MR) is 7.97 cm³/mol. The van der Waals surface area contributed by atoms with Gasteiger partial charge < -0.3 is 8.63 Å². The third-order valence-electron chi connectivity index (χ3n) is 0. The van der Waals surface area contributed by atoms with Crippen LogP contribution < -0.4 is 51.4 Å². The SMILES string of the molecule is F[B-]F.[K+]. The molecule has 0 aliphatic rings. The van der Waals surface area contributed by atoms with Crippen molar-refractivity contribution in [1.29, 1.82) is 0 Å². The van der Waals surface area contributed by atoms with E-state index in [9.17, 15) is 8.63 Å². The molecule has 0 aromatic carbocycles. The Morgan fingerprint density at radius 2 is 1.25 bits per heavy atom. The molecule has 0 fully saturated rings. The average molecular weight is 87.9 g/mol. The van der Waals surface area contributed by atoms with Crippen LogP contribution in [0.1, 0.15) is 0 Å². The average Bonchev–Trinajstić information content (AvgIpc) is 0.918. The van der Waals surface area contributed by atoms with Gasteiger partial charge in [0.2, 0.25) is 0 Å². The number of hydrogen-bond acceptors (Lipinski definition) is 0. The Hall–Kier alpha value is 1.56. The van der Waals surface area contributed by atoms with Crippen molar-refractivity contribution in [3.63, 3.8) is 0 Å². The smallest absolute Gasteiger partial charge is 0.554 e. The van der Waals surface area contributed by atoms with E-state index in [1.54, 1.807) is 0 Å². The zero-order valence-corrected chi connectivity index (χ0v) is 5.46. The first-order chi connectivity index (χ1) is 1.41. The molecule has 4 heavy (non-hydrogen) atoms. The molecular weight excluding hydrogens is 87.9 g/mol. The van der Waals surface area contributed by atoms with E-state index < -0.39 is 7.83 Å². The maximum Gasteiger partial charge on any atom is 1.00 e. The summed E-state index contributed by atoms with van der Waals surface area (Å²) < 4.78 is 19.0. The second kappa shape index (κ2) is 8.82. The van der Waals surface area contributed by atoms with Crippen molar-refractivity contribution in [3.8, 4) is 0 Å². The fourth-order valence-corrected chi connectivity index (χ4v) is 0. The molecule has 4 heteroatoms. The van der Waals surface area contributed by atoms with Gasteiger partial charge in [-0.2, -0.15) is 0 Å². The van der Waals surface area contributed by atoms with E-state index in [0.717, 1.165) is 0 Å². The first-order valence-corrected chi connectivity index (χ1v) is 0.436. The minimum Gasteiger partial charge on any atom is -0.554 e. The Morgan fingerprint density at radius 1 is 1.25 bits per heavy atom.